The van der Waals surface area contributed by atoms with Crippen molar-refractivity contribution in [3.05, 3.63) is 70.4 Å². The van der Waals surface area contributed by atoms with Crippen LogP contribution in [0.3, 0.4) is 0 Å². The van der Waals surface area contributed by atoms with Crippen molar-refractivity contribution >= 4 is 28.5 Å². The SMILES string of the molecule is O=C(Cn1c(=O)c(CCC(=O)NC2CCCC2)nc2ccccc21)Nc1ccc(F)cc1. The lowest BCUT2D eigenvalue weighted by atomic mass is 10.2. The van der Waals surface area contributed by atoms with E-state index in [-0.39, 0.29) is 37.0 Å². The van der Waals surface area contributed by atoms with Crippen molar-refractivity contribution in [1.29, 1.82) is 0 Å². The van der Waals surface area contributed by atoms with E-state index in [1.165, 1.54) is 28.8 Å². The van der Waals surface area contributed by atoms with E-state index in [4.69, 9.17) is 0 Å². The van der Waals surface area contributed by atoms with Crippen LogP contribution in [0.4, 0.5) is 10.1 Å². The van der Waals surface area contributed by atoms with Gasteiger partial charge in [0, 0.05) is 24.6 Å². The van der Waals surface area contributed by atoms with E-state index in [0.29, 0.717) is 16.7 Å². The summed E-state index contributed by atoms with van der Waals surface area (Å²) in [7, 11) is 0. The predicted molar refractivity (Wildman–Crippen MR) is 120 cm³/mol. The maximum absolute atomic E-state index is 13.1. The fraction of sp³-hybridized carbons (Fsp3) is 0.333. The summed E-state index contributed by atoms with van der Waals surface area (Å²) in [6, 6.07) is 12.7. The van der Waals surface area contributed by atoms with Gasteiger partial charge in [0.1, 0.15) is 18.1 Å². The molecule has 3 aromatic rings. The van der Waals surface area contributed by atoms with E-state index in [1.54, 1.807) is 24.3 Å². The number of fused-ring (bicyclic) bond motifs is 1. The standard InChI is InChI=1S/C24H25FN4O3/c25-16-9-11-18(12-10-16)27-23(31)15-29-21-8-4-3-7-19(21)28-20(24(29)32)13-14-22(30)26-17-5-1-2-6-17/h3-4,7-12,17H,1-2,5-6,13-15H2,(H,26,30)(H,27,31). The number of nitrogens with zero attached hydrogens (tertiary/aromatic N) is 2. The molecule has 0 radical (unpaired) electrons. The quantitative estimate of drug-likeness (QED) is 0.595. The maximum Gasteiger partial charge on any atom is 0.273 e. The van der Waals surface area contributed by atoms with Crippen LogP contribution in [0.15, 0.2) is 53.3 Å². The van der Waals surface area contributed by atoms with Gasteiger partial charge in [-0.2, -0.15) is 0 Å². The number of carbonyl (C=O) groups excluding carboxylic acids is 2. The molecule has 0 spiro atoms. The summed E-state index contributed by atoms with van der Waals surface area (Å²) in [6.07, 6.45) is 4.61. The van der Waals surface area contributed by atoms with Crippen LogP contribution in [0.25, 0.3) is 11.0 Å². The summed E-state index contributed by atoms with van der Waals surface area (Å²) >= 11 is 0. The summed E-state index contributed by atoms with van der Waals surface area (Å²) in [5.74, 6) is -0.909. The van der Waals surface area contributed by atoms with Crippen molar-refractivity contribution in [2.24, 2.45) is 0 Å². The molecule has 0 saturated heterocycles. The monoisotopic (exact) mass is 436 g/mol. The van der Waals surface area contributed by atoms with Gasteiger partial charge in [0.2, 0.25) is 11.8 Å². The zero-order valence-corrected chi connectivity index (χ0v) is 17.6. The molecule has 1 aliphatic carbocycles. The Morgan fingerprint density at radius 2 is 1.75 bits per heavy atom. The first-order valence-corrected chi connectivity index (χ1v) is 10.8. The number of para-hydroxylation sites is 2. The molecule has 1 aromatic heterocycles. The average molecular weight is 436 g/mol. The molecule has 1 aliphatic rings. The lowest BCUT2D eigenvalue weighted by Crippen LogP contribution is -2.34. The first-order chi connectivity index (χ1) is 15.5. The molecular weight excluding hydrogens is 411 g/mol. The van der Waals surface area contributed by atoms with Gasteiger partial charge in [-0.15, -0.1) is 0 Å². The van der Waals surface area contributed by atoms with Crippen molar-refractivity contribution in [3.63, 3.8) is 0 Å². The summed E-state index contributed by atoms with van der Waals surface area (Å²) in [5.41, 5.74) is 1.40. The molecule has 4 rings (SSSR count). The Morgan fingerprint density at radius 3 is 2.50 bits per heavy atom. The topological polar surface area (TPSA) is 93.1 Å². The molecule has 1 saturated carbocycles. The molecule has 8 heteroatoms. The first-order valence-electron chi connectivity index (χ1n) is 10.8. The highest BCUT2D eigenvalue weighted by atomic mass is 19.1. The third kappa shape index (κ3) is 5.19. The minimum absolute atomic E-state index is 0.0909. The van der Waals surface area contributed by atoms with Gasteiger partial charge in [-0.05, 0) is 49.2 Å². The summed E-state index contributed by atoms with van der Waals surface area (Å²) < 4.78 is 14.5. The lowest BCUT2D eigenvalue weighted by Gasteiger charge is -2.14. The maximum atomic E-state index is 13.1. The molecule has 0 unspecified atom stereocenters. The van der Waals surface area contributed by atoms with Crippen LogP contribution in [0.1, 0.15) is 37.8 Å². The van der Waals surface area contributed by atoms with E-state index in [2.05, 4.69) is 15.6 Å². The van der Waals surface area contributed by atoms with Crippen LogP contribution in [-0.4, -0.2) is 27.4 Å². The molecule has 32 heavy (non-hydrogen) atoms. The molecule has 2 N–H and O–H groups in total. The third-order valence-electron chi connectivity index (χ3n) is 5.66. The second-order valence-corrected chi connectivity index (χ2v) is 8.04. The van der Waals surface area contributed by atoms with Crippen LogP contribution < -0.4 is 16.2 Å². The van der Waals surface area contributed by atoms with Crippen LogP contribution in [0.5, 0.6) is 0 Å². The highest BCUT2D eigenvalue weighted by Crippen LogP contribution is 2.18. The number of benzene rings is 2. The van der Waals surface area contributed by atoms with Gasteiger partial charge in [-0.25, -0.2) is 9.37 Å². The Bertz CT molecular complexity index is 1180. The highest BCUT2D eigenvalue weighted by Gasteiger charge is 2.18. The summed E-state index contributed by atoms with van der Waals surface area (Å²) in [4.78, 5) is 42.4. The summed E-state index contributed by atoms with van der Waals surface area (Å²) in [5, 5.41) is 5.69. The van der Waals surface area contributed by atoms with Crippen molar-refractivity contribution < 1.29 is 14.0 Å². The smallest absolute Gasteiger partial charge is 0.273 e. The molecule has 2 amide bonds. The van der Waals surface area contributed by atoms with Gasteiger partial charge in [-0.3, -0.25) is 19.0 Å². The summed E-state index contributed by atoms with van der Waals surface area (Å²) in [6.45, 7) is -0.222. The minimum atomic E-state index is -0.417. The number of nitrogens with one attached hydrogen (secondary N) is 2. The number of rotatable bonds is 7. The molecule has 0 bridgehead atoms. The number of hydrogen-bond donors (Lipinski definition) is 2. The average Bonchev–Trinajstić information content (AvgIpc) is 3.29. The van der Waals surface area contributed by atoms with E-state index in [9.17, 15) is 18.8 Å². The first kappa shape index (κ1) is 21.7. The van der Waals surface area contributed by atoms with Gasteiger partial charge < -0.3 is 10.6 Å². The van der Waals surface area contributed by atoms with Gasteiger partial charge in [-0.1, -0.05) is 25.0 Å². The largest absolute Gasteiger partial charge is 0.353 e. The Hall–Kier alpha value is -3.55. The van der Waals surface area contributed by atoms with Crippen LogP contribution in [0, 0.1) is 5.82 Å². The van der Waals surface area contributed by atoms with Gasteiger partial charge in [0.15, 0.2) is 0 Å². The molecule has 7 nitrogen and oxygen atoms in total. The molecule has 166 valence electrons. The number of halogens is 1. The van der Waals surface area contributed by atoms with Crippen LogP contribution >= 0.6 is 0 Å². The number of anilines is 1. The van der Waals surface area contributed by atoms with Crippen molar-refractivity contribution in [1.82, 2.24) is 14.9 Å². The van der Waals surface area contributed by atoms with Crippen LogP contribution in [-0.2, 0) is 22.6 Å². The predicted octanol–water partition coefficient (Wildman–Crippen LogP) is 3.17. The second-order valence-electron chi connectivity index (χ2n) is 8.04. The van der Waals surface area contributed by atoms with Gasteiger partial charge in [0.25, 0.3) is 5.56 Å². The number of hydrogen-bond acceptors (Lipinski definition) is 4. The van der Waals surface area contributed by atoms with E-state index in [1.807, 2.05) is 0 Å². The number of carbonyl (C=O) groups is 2. The third-order valence-corrected chi connectivity index (χ3v) is 5.66. The minimum Gasteiger partial charge on any atom is -0.353 e. The Kier molecular flexibility index (Phi) is 6.58. The Balaban J connectivity index is 1.52. The van der Waals surface area contributed by atoms with Crippen molar-refractivity contribution in [3.8, 4) is 0 Å². The van der Waals surface area contributed by atoms with E-state index < -0.39 is 17.3 Å². The van der Waals surface area contributed by atoms with E-state index in [0.717, 1.165) is 25.7 Å². The zero-order valence-electron chi connectivity index (χ0n) is 17.6. The molecule has 2 aromatic carbocycles. The van der Waals surface area contributed by atoms with Crippen LogP contribution in [0.2, 0.25) is 0 Å². The second kappa shape index (κ2) is 9.72. The Morgan fingerprint density at radius 1 is 1.03 bits per heavy atom. The zero-order chi connectivity index (χ0) is 22.5. The number of aromatic nitrogens is 2. The molecule has 1 heterocycles. The molecule has 0 aliphatic heterocycles. The molecule has 0 atom stereocenters. The normalized spacial score (nSPS) is 13.9. The fourth-order valence-electron chi connectivity index (χ4n) is 4.04. The van der Waals surface area contributed by atoms with Gasteiger partial charge in [0.05, 0.1) is 11.0 Å². The fourth-order valence-corrected chi connectivity index (χ4v) is 4.04. The Labute approximate surface area is 184 Å². The number of aryl methyl sites for hydroxylation is 1. The lowest BCUT2D eigenvalue weighted by molar-refractivity contribution is -0.121. The molecule has 1 fully saturated rings. The van der Waals surface area contributed by atoms with E-state index >= 15 is 0 Å². The van der Waals surface area contributed by atoms with Crippen molar-refractivity contribution in [2.75, 3.05) is 5.32 Å². The van der Waals surface area contributed by atoms with Gasteiger partial charge >= 0.3 is 0 Å². The molecular formula is C24H25FN4O3. The highest BCUT2D eigenvalue weighted by molar-refractivity contribution is 5.91. The van der Waals surface area contributed by atoms with Crippen molar-refractivity contribution in [2.45, 2.75) is 51.1 Å². The number of amides is 2.